The van der Waals surface area contributed by atoms with E-state index >= 15 is 0 Å². The lowest BCUT2D eigenvalue weighted by Gasteiger charge is -2.16. The summed E-state index contributed by atoms with van der Waals surface area (Å²) in [5, 5.41) is -0.279. The number of benzene rings is 2. The topological polar surface area (TPSA) is 42.1 Å². The summed E-state index contributed by atoms with van der Waals surface area (Å²) in [6.45, 7) is 3.06. The summed E-state index contributed by atoms with van der Waals surface area (Å²) in [4.78, 5) is 14.6. The molecule has 1 aromatic heterocycles. The largest absolute Gasteiger partial charge is 0.486 e. The third-order valence-electron chi connectivity index (χ3n) is 4.08. The van der Waals surface area contributed by atoms with Crippen LogP contribution < -0.4 is 10.3 Å². The third-order valence-corrected chi connectivity index (χ3v) is 4.42. The fraction of sp³-hybridized carbons (Fsp3) is 0.150. The van der Waals surface area contributed by atoms with E-state index < -0.39 is 23.0 Å². The normalized spacial score (nSPS) is 10.9. The van der Waals surface area contributed by atoms with E-state index in [9.17, 15) is 18.0 Å². The molecule has 3 rings (SSSR count). The summed E-state index contributed by atoms with van der Waals surface area (Å²) in [7, 11) is 0. The highest BCUT2D eigenvalue weighted by Gasteiger charge is 2.21. The molecule has 7 heteroatoms. The van der Waals surface area contributed by atoms with Crippen molar-refractivity contribution in [3.8, 4) is 16.9 Å². The number of ether oxygens (including phenoxy) is 1. The Morgan fingerprint density at radius 1 is 1.04 bits per heavy atom. The minimum Gasteiger partial charge on any atom is -0.486 e. The van der Waals surface area contributed by atoms with Crippen LogP contribution in [0.1, 0.15) is 16.8 Å². The molecule has 0 radical (unpaired) electrons. The van der Waals surface area contributed by atoms with Gasteiger partial charge >= 0.3 is 0 Å². The predicted molar refractivity (Wildman–Crippen MR) is 97.6 cm³/mol. The van der Waals surface area contributed by atoms with Crippen LogP contribution in [0.5, 0.6) is 5.75 Å². The maximum atomic E-state index is 14.4. The lowest BCUT2D eigenvalue weighted by atomic mass is 10.0. The number of aromatic amines is 1. The molecule has 0 spiro atoms. The molecule has 140 valence electrons. The summed E-state index contributed by atoms with van der Waals surface area (Å²) in [6, 6.07) is 7.55. The van der Waals surface area contributed by atoms with Crippen LogP contribution in [0.15, 0.2) is 41.2 Å². The number of H-pyrrole nitrogens is 1. The quantitative estimate of drug-likeness (QED) is 0.652. The third kappa shape index (κ3) is 3.85. The Hall–Kier alpha value is -2.73. The molecule has 0 atom stereocenters. The van der Waals surface area contributed by atoms with Crippen molar-refractivity contribution in [2.24, 2.45) is 0 Å². The molecule has 0 saturated carbocycles. The summed E-state index contributed by atoms with van der Waals surface area (Å²) < 4.78 is 47.0. The van der Waals surface area contributed by atoms with E-state index in [1.807, 2.05) is 0 Å². The maximum absolute atomic E-state index is 14.4. The van der Waals surface area contributed by atoms with E-state index in [-0.39, 0.29) is 34.1 Å². The Bertz CT molecular complexity index is 1080. The van der Waals surface area contributed by atoms with E-state index in [1.54, 1.807) is 26.0 Å². The van der Waals surface area contributed by atoms with Crippen LogP contribution in [0.4, 0.5) is 13.2 Å². The Balaban J connectivity index is 2.11. The maximum Gasteiger partial charge on any atom is 0.270 e. The van der Waals surface area contributed by atoms with Gasteiger partial charge in [-0.05, 0) is 38.1 Å². The molecule has 3 nitrogen and oxygen atoms in total. The van der Waals surface area contributed by atoms with Gasteiger partial charge in [0.25, 0.3) is 5.56 Å². The fourth-order valence-electron chi connectivity index (χ4n) is 2.75. The first kappa shape index (κ1) is 19.0. The molecular weight excluding hydrogens is 379 g/mol. The van der Waals surface area contributed by atoms with Gasteiger partial charge in [-0.15, -0.1) is 0 Å². The second kappa shape index (κ2) is 7.48. The molecular formula is C20H15ClF3NO2. The zero-order valence-electron chi connectivity index (χ0n) is 14.5. The van der Waals surface area contributed by atoms with Gasteiger partial charge in [-0.1, -0.05) is 23.2 Å². The number of aromatic nitrogens is 1. The van der Waals surface area contributed by atoms with Crippen molar-refractivity contribution in [2.75, 3.05) is 0 Å². The first-order valence-corrected chi connectivity index (χ1v) is 8.41. The van der Waals surface area contributed by atoms with E-state index in [2.05, 4.69) is 4.98 Å². The summed E-state index contributed by atoms with van der Waals surface area (Å²) in [5.74, 6) is -2.10. The summed E-state index contributed by atoms with van der Waals surface area (Å²) >= 11 is 6.10. The molecule has 1 heterocycles. The second-order valence-electron chi connectivity index (χ2n) is 6.10. The number of halogens is 4. The van der Waals surface area contributed by atoms with Gasteiger partial charge in [0.2, 0.25) is 0 Å². The van der Waals surface area contributed by atoms with Crippen molar-refractivity contribution < 1.29 is 17.9 Å². The molecule has 27 heavy (non-hydrogen) atoms. The van der Waals surface area contributed by atoms with E-state index in [1.165, 1.54) is 12.1 Å². The van der Waals surface area contributed by atoms with Gasteiger partial charge < -0.3 is 9.72 Å². The Morgan fingerprint density at radius 3 is 2.48 bits per heavy atom. The fourth-order valence-corrected chi connectivity index (χ4v) is 2.95. The first-order chi connectivity index (χ1) is 12.8. The van der Waals surface area contributed by atoms with Gasteiger partial charge in [-0.3, -0.25) is 4.79 Å². The van der Waals surface area contributed by atoms with Crippen molar-refractivity contribution in [1.82, 2.24) is 4.98 Å². The molecule has 3 aromatic rings. The first-order valence-electron chi connectivity index (χ1n) is 8.03. The molecule has 0 aliphatic rings. The highest BCUT2D eigenvalue weighted by molar-refractivity contribution is 6.32. The number of hydrogen-bond acceptors (Lipinski definition) is 2. The van der Waals surface area contributed by atoms with Gasteiger partial charge in [-0.2, -0.15) is 0 Å². The monoisotopic (exact) mass is 393 g/mol. The van der Waals surface area contributed by atoms with Crippen LogP contribution in [0.2, 0.25) is 5.02 Å². The van der Waals surface area contributed by atoms with E-state index in [0.29, 0.717) is 5.69 Å². The number of nitrogens with one attached hydrogen (secondary N) is 1. The summed E-state index contributed by atoms with van der Waals surface area (Å²) in [6.07, 6.45) is 0. The van der Waals surface area contributed by atoms with E-state index in [0.717, 1.165) is 17.7 Å². The molecule has 0 saturated heterocycles. The molecule has 0 fully saturated rings. The zero-order valence-corrected chi connectivity index (χ0v) is 15.3. The van der Waals surface area contributed by atoms with Gasteiger partial charge in [0.1, 0.15) is 29.1 Å². The number of rotatable bonds is 4. The number of aryl methyl sites for hydroxylation is 2. The van der Waals surface area contributed by atoms with Crippen molar-refractivity contribution in [3.63, 3.8) is 0 Å². The Labute approximate surface area is 158 Å². The van der Waals surface area contributed by atoms with Gasteiger partial charge in [0, 0.05) is 28.5 Å². The van der Waals surface area contributed by atoms with Gasteiger partial charge in [0.05, 0.1) is 0 Å². The highest BCUT2D eigenvalue weighted by atomic mass is 35.5. The van der Waals surface area contributed by atoms with Crippen LogP contribution in [0.25, 0.3) is 11.1 Å². The average Bonchev–Trinajstić information content (AvgIpc) is 2.60. The Morgan fingerprint density at radius 2 is 1.78 bits per heavy atom. The van der Waals surface area contributed by atoms with Crippen molar-refractivity contribution in [1.29, 1.82) is 0 Å². The van der Waals surface area contributed by atoms with Crippen LogP contribution in [-0.4, -0.2) is 4.98 Å². The highest BCUT2D eigenvalue weighted by Crippen LogP contribution is 2.38. The predicted octanol–water partition coefficient (Wildman–Crippen LogP) is 5.31. The average molecular weight is 394 g/mol. The SMILES string of the molecule is Cc1ccc(F)c(-c2c(C)[nH]c(=O)c(Cl)c2OCc2ccc(F)cc2F)c1. The van der Waals surface area contributed by atoms with Crippen molar-refractivity contribution >= 4 is 11.6 Å². The standard InChI is InChI=1S/C20H15ClF3NO2/c1-10-3-6-15(23)14(7-10)17-11(2)25-20(26)18(21)19(17)27-9-12-4-5-13(22)8-16(12)24/h3-8H,9H2,1-2H3,(H,25,26). The van der Waals surface area contributed by atoms with Crippen molar-refractivity contribution in [2.45, 2.75) is 20.5 Å². The molecule has 0 aliphatic carbocycles. The van der Waals surface area contributed by atoms with Crippen LogP contribution in [0, 0.1) is 31.3 Å². The van der Waals surface area contributed by atoms with Gasteiger partial charge in [-0.25, -0.2) is 13.2 Å². The molecule has 0 amide bonds. The molecule has 2 aromatic carbocycles. The summed E-state index contributed by atoms with van der Waals surface area (Å²) in [5.41, 5.74) is 1.07. The smallest absolute Gasteiger partial charge is 0.270 e. The lowest BCUT2D eigenvalue weighted by molar-refractivity contribution is 0.300. The van der Waals surface area contributed by atoms with Crippen LogP contribution in [-0.2, 0) is 6.61 Å². The van der Waals surface area contributed by atoms with Crippen LogP contribution >= 0.6 is 11.6 Å². The minimum atomic E-state index is -0.795. The molecule has 1 N–H and O–H groups in total. The van der Waals surface area contributed by atoms with Crippen molar-refractivity contribution in [3.05, 3.63) is 86.0 Å². The minimum absolute atomic E-state index is 0.0638. The number of pyridine rings is 1. The van der Waals surface area contributed by atoms with E-state index in [4.69, 9.17) is 16.3 Å². The second-order valence-corrected chi connectivity index (χ2v) is 6.48. The zero-order chi connectivity index (χ0) is 19.7. The number of hydrogen-bond donors (Lipinski definition) is 1. The van der Waals surface area contributed by atoms with Gasteiger partial charge in [0.15, 0.2) is 5.75 Å². The molecule has 0 unspecified atom stereocenters. The molecule has 0 aliphatic heterocycles. The molecule has 0 bridgehead atoms. The lowest BCUT2D eigenvalue weighted by Crippen LogP contribution is -2.13. The van der Waals surface area contributed by atoms with Crippen LogP contribution in [0.3, 0.4) is 0 Å². The Kier molecular flexibility index (Phi) is 5.28.